The molecule has 0 N–H and O–H groups in total. The number of hydrogen-bond donors (Lipinski definition) is 0. The van der Waals surface area contributed by atoms with E-state index in [0.717, 1.165) is 43.6 Å². The van der Waals surface area contributed by atoms with Gasteiger partial charge in [-0.25, -0.2) is 4.98 Å². The molecule has 4 aromatic rings. The van der Waals surface area contributed by atoms with Crippen LogP contribution < -0.4 is 4.90 Å². The lowest BCUT2D eigenvalue weighted by molar-refractivity contribution is 1.00. The zero-order valence-corrected chi connectivity index (χ0v) is 18.2. The summed E-state index contributed by atoms with van der Waals surface area (Å²) in [5.41, 5.74) is 5.93. The van der Waals surface area contributed by atoms with Gasteiger partial charge >= 0.3 is 0 Å². The molecule has 2 aromatic heterocycles. The highest BCUT2D eigenvalue weighted by atomic mass is 35.5. The van der Waals surface area contributed by atoms with E-state index in [1.54, 1.807) is 11.3 Å². The monoisotopic (exact) mass is 452 g/mol. The van der Waals surface area contributed by atoms with E-state index in [1.165, 1.54) is 0 Å². The standard InChI is InChI=1S/C23H14Cl2N2S2/c24-15-9-7-14(8-10-15)16-12-18(21-6-3-11-29-21)26-19-13-27(23(28)22(16)19)20-5-2-1-4-17(20)25/h1-12H,13H2. The fraction of sp³-hybridized carbons (Fsp3) is 0.0435. The Morgan fingerprint density at radius 1 is 0.966 bits per heavy atom. The van der Waals surface area contributed by atoms with Crippen LogP contribution >= 0.6 is 46.8 Å². The zero-order valence-electron chi connectivity index (χ0n) is 15.1. The Bertz CT molecular complexity index is 1220. The van der Waals surface area contributed by atoms with Crippen molar-refractivity contribution in [3.63, 3.8) is 0 Å². The maximum atomic E-state index is 6.46. The number of anilines is 1. The summed E-state index contributed by atoms with van der Waals surface area (Å²) < 4.78 is 0. The summed E-state index contributed by atoms with van der Waals surface area (Å²) in [6.07, 6.45) is 0. The van der Waals surface area contributed by atoms with Gasteiger partial charge in [0.15, 0.2) is 0 Å². The predicted octanol–water partition coefficient (Wildman–Crippen LogP) is 7.48. The fourth-order valence-electron chi connectivity index (χ4n) is 3.58. The van der Waals surface area contributed by atoms with E-state index in [9.17, 15) is 0 Å². The number of halogens is 2. The minimum absolute atomic E-state index is 0.595. The molecule has 0 bridgehead atoms. The van der Waals surface area contributed by atoms with Crippen LogP contribution in [0.25, 0.3) is 21.7 Å². The van der Waals surface area contributed by atoms with Gasteiger partial charge in [-0.15, -0.1) is 11.3 Å². The van der Waals surface area contributed by atoms with Crippen LogP contribution in [0.2, 0.25) is 10.0 Å². The lowest BCUT2D eigenvalue weighted by atomic mass is 9.98. The minimum atomic E-state index is 0.595. The van der Waals surface area contributed by atoms with Crippen LogP contribution in [0.3, 0.4) is 0 Å². The number of rotatable bonds is 3. The second-order valence-electron chi connectivity index (χ2n) is 6.70. The normalized spacial score (nSPS) is 13.0. The molecular formula is C23H14Cl2N2S2. The van der Waals surface area contributed by atoms with E-state index < -0.39 is 0 Å². The number of fused-ring (bicyclic) bond motifs is 1. The Morgan fingerprint density at radius 2 is 1.76 bits per heavy atom. The van der Waals surface area contributed by atoms with Crippen LogP contribution in [0.5, 0.6) is 0 Å². The Kier molecular flexibility index (Phi) is 4.88. The second-order valence-corrected chi connectivity index (χ2v) is 8.88. The average molecular weight is 453 g/mol. The molecule has 1 aliphatic rings. The van der Waals surface area contributed by atoms with Gasteiger partial charge in [-0.05, 0) is 52.9 Å². The highest BCUT2D eigenvalue weighted by Gasteiger charge is 2.31. The van der Waals surface area contributed by atoms with Crippen molar-refractivity contribution in [2.24, 2.45) is 0 Å². The van der Waals surface area contributed by atoms with Gasteiger partial charge in [0.2, 0.25) is 0 Å². The average Bonchev–Trinajstić information content (AvgIpc) is 3.37. The summed E-state index contributed by atoms with van der Waals surface area (Å²) in [5.74, 6) is 0. The number of benzene rings is 2. The Hall–Kier alpha value is -2.24. The van der Waals surface area contributed by atoms with Crippen LogP contribution in [0, 0.1) is 0 Å². The molecular weight excluding hydrogens is 439 g/mol. The summed E-state index contributed by atoms with van der Waals surface area (Å²) in [7, 11) is 0. The molecule has 3 heterocycles. The van der Waals surface area contributed by atoms with E-state index >= 15 is 0 Å². The van der Waals surface area contributed by atoms with Crippen molar-refractivity contribution in [2.45, 2.75) is 6.54 Å². The Morgan fingerprint density at radius 3 is 2.48 bits per heavy atom. The molecule has 2 aromatic carbocycles. The van der Waals surface area contributed by atoms with Gasteiger partial charge in [0, 0.05) is 10.6 Å². The highest BCUT2D eigenvalue weighted by Crippen LogP contribution is 2.40. The van der Waals surface area contributed by atoms with E-state index in [-0.39, 0.29) is 0 Å². The molecule has 0 aliphatic carbocycles. The van der Waals surface area contributed by atoms with Crippen molar-refractivity contribution < 1.29 is 0 Å². The minimum Gasteiger partial charge on any atom is -0.325 e. The van der Waals surface area contributed by atoms with Crippen molar-refractivity contribution in [2.75, 3.05) is 4.90 Å². The molecule has 5 rings (SSSR count). The van der Waals surface area contributed by atoms with Crippen molar-refractivity contribution in [3.05, 3.63) is 93.4 Å². The molecule has 1 aliphatic heterocycles. The molecule has 142 valence electrons. The molecule has 0 spiro atoms. The van der Waals surface area contributed by atoms with Gasteiger partial charge in [0.05, 0.1) is 33.5 Å². The van der Waals surface area contributed by atoms with E-state index in [0.29, 0.717) is 16.6 Å². The lowest BCUT2D eigenvalue weighted by Crippen LogP contribution is -2.22. The number of para-hydroxylation sites is 1. The van der Waals surface area contributed by atoms with Gasteiger partial charge in [0.1, 0.15) is 4.99 Å². The molecule has 0 amide bonds. The number of pyridine rings is 1. The quantitative estimate of drug-likeness (QED) is 0.299. The second kappa shape index (κ2) is 7.54. The van der Waals surface area contributed by atoms with Gasteiger partial charge in [-0.2, -0.15) is 0 Å². The smallest absolute Gasteiger partial charge is 0.116 e. The van der Waals surface area contributed by atoms with Gasteiger partial charge < -0.3 is 4.90 Å². The fourth-order valence-corrected chi connectivity index (χ4v) is 5.02. The highest BCUT2D eigenvalue weighted by molar-refractivity contribution is 7.81. The summed E-state index contributed by atoms with van der Waals surface area (Å²) in [4.78, 5) is 8.90. The first-order valence-corrected chi connectivity index (χ1v) is 11.1. The van der Waals surface area contributed by atoms with Gasteiger partial charge in [0.25, 0.3) is 0 Å². The third kappa shape index (κ3) is 3.36. The summed E-state index contributed by atoms with van der Waals surface area (Å²) >= 11 is 20.2. The number of aromatic nitrogens is 1. The van der Waals surface area contributed by atoms with Crippen LogP contribution in [0.4, 0.5) is 5.69 Å². The van der Waals surface area contributed by atoms with E-state index in [2.05, 4.69) is 22.4 Å². The SMILES string of the molecule is S=C1c2c(-c3ccc(Cl)cc3)cc(-c3cccs3)nc2CN1c1ccccc1Cl. The molecule has 6 heteroatoms. The maximum absolute atomic E-state index is 6.46. The van der Waals surface area contributed by atoms with Crippen LogP contribution in [-0.4, -0.2) is 9.97 Å². The summed E-state index contributed by atoms with van der Waals surface area (Å²) in [6, 6.07) is 21.9. The van der Waals surface area contributed by atoms with E-state index in [4.69, 9.17) is 40.4 Å². The lowest BCUT2D eigenvalue weighted by Gasteiger charge is -2.19. The molecule has 0 saturated carbocycles. The predicted molar refractivity (Wildman–Crippen MR) is 127 cm³/mol. The van der Waals surface area contributed by atoms with Crippen molar-refractivity contribution in [1.82, 2.24) is 4.98 Å². The zero-order chi connectivity index (χ0) is 20.0. The maximum Gasteiger partial charge on any atom is 0.116 e. The largest absolute Gasteiger partial charge is 0.325 e. The first-order valence-electron chi connectivity index (χ1n) is 9.02. The molecule has 0 fully saturated rings. The third-order valence-corrected chi connectivity index (χ3v) is 6.82. The number of thiocarbonyl (C=S) groups is 1. The van der Waals surface area contributed by atoms with E-state index in [1.807, 2.05) is 54.6 Å². The number of hydrogen-bond acceptors (Lipinski definition) is 3. The van der Waals surface area contributed by atoms with Crippen LogP contribution in [0.15, 0.2) is 72.1 Å². The molecule has 0 atom stereocenters. The number of nitrogens with zero attached hydrogens (tertiary/aromatic N) is 2. The first-order chi connectivity index (χ1) is 14.1. The summed E-state index contributed by atoms with van der Waals surface area (Å²) in [5, 5.41) is 3.44. The Balaban J connectivity index is 1.70. The molecule has 0 radical (unpaired) electrons. The first kappa shape index (κ1) is 18.8. The van der Waals surface area contributed by atoms with Gasteiger partial charge in [-0.3, -0.25) is 0 Å². The molecule has 2 nitrogen and oxygen atoms in total. The molecule has 0 unspecified atom stereocenters. The molecule has 0 saturated heterocycles. The number of thiophene rings is 1. The van der Waals surface area contributed by atoms with Crippen molar-refractivity contribution in [3.8, 4) is 21.7 Å². The van der Waals surface area contributed by atoms with Crippen molar-refractivity contribution in [1.29, 1.82) is 0 Å². The summed E-state index contributed by atoms with van der Waals surface area (Å²) in [6.45, 7) is 0.595. The topological polar surface area (TPSA) is 16.1 Å². The van der Waals surface area contributed by atoms with Crippen LogP contribution in [-0.2, 0) is 6.54 Å². The molecule has 29 heavy (non-hydrogen) atoms. The van der Waals surface area contributed by atoms with Crippen molar-refractivity contribution >= 4 is 57.4 Å². The van der Waals surface area contributed by atoms with Crippen LogP contribution in [0.1, 0.15) is 11.3 Å². The Labute approximate surface area is 188 Å². The van der Waals surface area contributed by atoms with Gasteiger partial charge in [-0.1, -0.05) is 65.8 Å². The third-order valence-electron chi connectivity index (χ3n) is 4.93.